The average Bonchev–Trinajstić information content (AvgIpc) is 2.77. The fraction of sp³-hybridized carbons (Fsp3) is 0.353. The number of hydrogen-bond donors (Lipinski definition) is 2. The highest BCUT2D eigenvalue weighted by molar-refractivity contribution is 6.34. The van der Waals surface area contributed by atoms with Gasteiger partial charge in [-0.3, -0.25) is 14.3 Å². The Hall–Kier alpha value is -2.34. The molecule has 0 fully saturated rings. The molecule has 7 heteroatoms. The number of aryl methyl sites for hydroxylation is 1. The Morgan fingerprint density at radius 1 is 1.17 bits per heavy atom. The highest BCUT2D eigenvalue weighted by Crippen LogP contribution is 2.25. The summed E-state index contributed by atoms with van der Waals surface area (Å²) in [7, 11) is 0. The Bertz CT molecular complexity index is 783. The molecule has 128 valence electrons. The topological polar surface area (TPSA) is 76.0 Å². The quantitative estimate of drug-likeness (QED) is 0.868. The normalized spacial score (nSPS) is 10.5. The van der Waals surface area contributed by atoms with Crippen LogP contribution in [0.15, 0.2) is 18.2 Å². The van der Waals surface area contributed by atoms with Crippen molar-refractivity contribution in [2.45, 2.75) is 40.7 Å². The van der Waals surface area contributed by atoms with Crippen LogP contribution in [0.4, 0.5) is 11.4 Å². The number of amides is 2. The number of hydrogen-bond acceptors (Lipinski definition) is 3. The third-order valence-corrected chi connectivity index (χ3v) is 4.20. The first-order valence-electron chi connectivity index (χ1n) is 7.71. The van der Waals surface area contributed by atoms with Gasteiger partial charge < -0.3 is 10.6 Å². The SMILES string of the molecule is CCC(=O)Nc1ccc(NC(=O)Cn2nc(C)c(C)c2C)cc1Cl. The Morgan fingerprint density at radius 2 is 1.88 bits per heavy atom. The first-order valence-corrected chi connectivity index (χ1v) is 8.09. The summed E-state index contributed by atoms with van der Waals surface area (Å²) >= 11 is 6.14. The van der Waals surface area contributed by atoms with E-state index in [9.17, 15) is 9.59 Å². The van der Waals surface area contributed by atoms with Crippen molar-refractivity contribution < 1.29 is 9.59 Å². The lowest BCUT2D eigenvalue weighted by atomic mass is 10.2. The van der Waals surface area contributed by atoms with E-state index in [1.807, 2.05) is 20.8 Å². The van der Waals surface area contributed by atoms with Crippen LogP contribution in [-0.4, -0.2) is 21.6 Å². The molecule has 6 nitrogen and oxygen atoms in total. The molecule has 0 atom stereocenters. The van der Waals surface area contributed by atoms with Gasteiger partial charge in [0.15, 0.2) is 0 Å². The van der Waals surface area contributed by atoms with Crippen molar-refractivity contribution in [1.29, 1.82) is 0 Å². The number of rotatable bonds is 5. The predicted octanol–water partition coefficient (Wildman–Crippen LogP) is 3.45. The molecule has 1 aromatic heterocycles. The molecule has 2 amide bonds. The first kappa shape index (κ1) is 18.0. The lowest BCUT2D eigenvalue weighted by Crippen LogP contribution is -2.20. The molecule has 24 heavy (non-hydrogen) atoms. The Morgan fingerprint density at radius 3 is 2.42 bits per heavy atom. The summed E-state index contributed by atoms with van der Waals surface area (Å²) in [6, 6.07) is 4.97. The summed E-state index contributed by atoms with van der Waals surface area (Å²) in [5.41, 5.74) is 4.06. The van der Waals surface area contributed by atoms with Crippen LogP contribution in [0.25, 0.3) is 0 Å². The average molecular weight is 349 g/mol. The minimum absolute atomic E-state index is 0.117. The van der Waals surface area contributed by atoms with Gasteiger partial charge in [0.1, 0.15) is 6.54 Å². The van der Waals surface area contributed by atoms with Gasteiger partial charge in [0.2, 0.25) is 11.8 Å². The molecule has 0 unspecified atom stereocenters. The van der Waals surface area contributed by atoms with Gasteiger partial charge in [-0.25, -0.2) is 0 Å². The van der Waals surface area contributed by atoms with Crippen molar-refractivity contribution in [3.8, 4) is 0 Å². The first-order chi connectivity index (χ1) is 11.3. The second kappa shape index (κ2) is 7.49. The highest BCUT2D eigenvalue weighted by Gasteiger charge is 2.12. The molecule has 0 saturated carbocycles. The standard InChI is InChI=1S/C17H21ClN4O2/c1-5-16(23)20-15-7-6-13(8-14(15)18)19-17(24)9-22-12(4)10(2)11(3)21-22/h6-8H,5,9H2,1-4H3,(H,19,24)(H,20,23). The number of aromatic nitrogens is 2. The predicted molar refractivity (Wildman–Crippen MR) is 95.4 cm³/mol. The number of carbonyl (C=O) groups excluding carboxylic acids is 2. The maximum Gasteiger partial charge on any atom is 0.246 e. The van der Waals surface area contributed by atoms with Gasteiger partial charge >= 0.3 is 0 Å². The van der Waals surface area contributed by atoms with Crippen LogP contribution in [0.2, 0.25) is 5.02 Å². The number of benzene rings is 1. The van der Waals surface area contributed by atoms with Crippen LogP contribution in [-0.2, 0) is 16.1 Å². The molecule has 0 aliphatic carbocycles. The Balaban J connectivity index is 2.05. The van der Waals surface area contributed by atoms with Crippen molar-refractivity contribution in [2.24, 2.45) is 0 Å². The van der Waals surface area contributed by atoms with Crippen molar-refractivity contribution in [3.63, 3.8) is 0 Å². The fourth-order valence-corrected chi connectivity index (χ4v) is 2.44. The number of nitrogens with zero attached hydrogens (tertiary/aromatic N) is 2. The van der Waals surface area contributed by atoms with Crippen LogP contribution in [0.1, 0.15) is 30.3 Å². The lowest BCUT2D eigenvalue weighted by Gasteiger charge is -2.10. The largest absolute Gasteiger partial charge is 0.325 e. The maximum absolute atomic E-state index is 12.2. The number of carbonyl (C=O) groups is 2. The maximum atomic E-state index is 12.2. The molecule has 1 aromatic carbocycles. The van der Waals surface area contributed by atoms with E-state index in [-0.39, 0.29) is 18.4 Å². The number of halogens is 1. The molecule has 0 bridgehead atoms. The minimum atomic E-state index is -0.193. The Labute approximate surface area is 146 Å². The molecule has 1 heterocycles. The molecular weight excluding hydrogens is 328 g/mol. The zero-order valence-corrected chi connectivity index (χ0v) is 15.0. The minimum Gasteiger partial charge on any atom is -0.325 e. The zero-order chi connectivity index (χ0) is 17.9. The molecule has 0 spiro atoms. The third-order valence-electron chi connectivity index (χ3n) is 3.88. The van der Waals surface area contributed by atoms with Gasteiger partial charge in [0.25, 0.3) is 0 Å². The van der Waals surface area contributed by atoms with Crippen molar-refractivity contribution in [3.05, 3.63) is 40.2 Å². The van der Waals surface area contributed by atoms with E-state index in [1.165, 1.54) is 0 Å². The molecule has 2 rings (SSSR count). The molecule has 0 radical (unpaired) electrons. The molecule has 0 saturated heterocycles. The second-order valence-electron chi connectivity index (χ2n) is 5.60. The lowest BCUT2D eigenvalue weighted by molar-refractivity contribution is -0.117. The van der Waals surface area contributed by atoms with Gasteiger partial charge in [0.05, 0.1) is 16.4 Å². The summed E-state index contributed by atoms with van der Waals surface area (Å²) in [5, 5.41) is 10.2. The van der Waals surface area contributed by atoms with Gasteiger partial charge in [0, 0.05) is 17.8 Å². The third kappa shape index (κ3) is 4.14. The monoisotopic (exact) mass is 348 g/mol. The van der Waals surface area contributed by atoms with Gasteiger partial charge in [-0.1, -0.05) is 18.5 Å². The van der Waals surface area contributed by atoms with E-state index >= 15 is 0 Å². The molecule has 2 aromatic rings. The van der Waals surface area contributed by atoms with E-state index in [4.69, 9.17) is 11.6 Å². The van der Waals surface area contributed by atoms with Gasteiger partial charge in [-0.2, -0.15) is 5.10 Å². The Kier molecular flexibility index (Phi) is 5.62. The summed E-state index contributed by atoms with van der Waals surface area (Å²) in [6.45, 7) is 7.73. The van der Waals surface area contributed by atoms with Crippen LogP contribution >= 0.6 is 11.6 Å². The molecule has 0 aliphatic rings. The van der Waals surface area contributed by atoms with Gasteiger partial charge in [-0.05, 0) is 44.5 Å². The fourth-order valence-electron chi connectivity index (χ4n) is 2.21. The van der Waals surface area contributed by atoms with E-state index in [0.29, 0.717) is 22.8 Å². The highest BCUT2D eigenvalue weighted by atomic mass is 35.5. The number of nitrogens with one attached hydrogen (secondary N) is 2. The summed E-state index contributed by atoms with van der Waals surface area (Å²) in [5.74, 6) is -0.310. The van der Waals surface area contributed by atoms with Crippen LogP contribution in [0, 0.1) is 20.8 Å². The van der Waals surface area contributed by atoms with E-state index in [1.54, 1.807) is 29.8 Å². The number of anilines is 2. The summed E-state index contributed by atoms with van der Waals surface area (Å²) in [4.78, 5) is 23.6. The van der Waals surface area contributed by atoms with Crippen LogP contribution < -0.4 is 10.6 Å². The van der Waals surface area contributed by atoms with Crippen molar-refractivity contribution >= 4 is 34.8 Å². The summed E-state index contributed by atoms with van der Waals surface area (Å²) < 4.78 is 1.68. The van der Waals surface area contributed by atoms with Gasteiger partial charge in [-0.15, -0.1) is 0 Å². The van der Waals surface area contributed by atoms with Crippen LogP contribution in [0.5, 0.6) is 0 Å². The molecular formula is C17H21ClN4O2. The van der Waals surface area contributed by atoms with Crippen molar-refractivity contribution in [2.75, 3.05) is 10.6 Å². The van der Waals surface area contributed by atoms with E-state index < -0.39 is 0 Å². The van der Waals surface area contributed by atoms with E-state index in [0.717, 1.165) is 17.0 Å². The van der Waals surface area contributed by atoms with Crippen molar-refractivity contribution in [1.82, 2.24) is 9.78 Å². The zero-order valence-electron chi connectivity index (χ0n) is 14.2. The summed E-state index contributed by atoms with van der Waals surface area (Å²) in [6.07, 6.45) is 0.372. The molecule has 0 aliphatic heterocycles. The van der Waals surface area contributed by atoms with Crippen LogP contribution in [0.3, 0.4) is 0 Å². The second-order valence-corrected chi connectivity index (χ2v) is 6.01. The molecule has 2 N–H and O–H groups in total. The smallest absolute Gasteiger partial charge is 0.246 e. The van der Waals surface area contributed by atoms with E-state index in [2.05, 4.69) is 15.7 Å².